The number of halogens is 5. The summed E-state index contributed by atoms with van der Waals surface area (Å²) < 4.78 is 60.2. The fourth-order valence-corrected chi connectivity index (χ4v) is 0.975. The summed E-state index contributed by atoms with van der Waals surface area (Å²) in [5, 5.41) is 8.17. The maximum atomic E-state index is 12.1. The molecule has 3 nitrogen and oxygen atoms in total. The Hall–Kier alpha value is -0.920. The molecule has 0 bridgehead atoms. The number of carbonyl (C=O) groups is 1. The maximum absolute atomic E-state index is 12.1. The number of aliphatic carboxylic acids is 1. The minimum absolute atomic E-state index is 1.09. The van der Waals surface area contributed by atoms with Crippen molar-refractivity contribution in [2.24, 2.45) is 11.7 Å². The number of hydrogen-bond donors (Lipinski definition) is 2. The van der Waals surface area contributed by atoms with Gasteiger partial charge in [-0.1, -0.05) is 0 Å². The van der Waals surface area contributed by atoms with Crippen molar-refractivity contribution in [3.05, 3.63) is 0 Å². The van der Waals surface area contributed by atoms with Crippen LogP contribution >= 0.6 is 0 Å². The molecule has 0 radical (unpaired) electrons. The highest BCUT2D eigenvalue weighted by Crippen LogP contribution is 2.32. The van der Waals surface area contributed by atoms with Crippen LogP contribution in [0.2, 0.25) is 0 Å². The molecule has 0 heterocycles. The molecule has 2 atom stereocenters. The van der Waals surface area contributed by atoms with Gasteiger partial charge in [-0.05, 0) is 6.42 Å². The van der Waals surface area contributed by atoms with Crippen molar-refractivity contribution in [2.75, 3.05) is 0 Å². The lowest BCUT2D eigenvalue weighted by atomic mass is 9.96. The van der Waals surface area contributed by atoms with Crippen LogP contribution in [-0.2, 0) is 4.79 Å². The van der Waals surface area contributed by atoms with E-state index in [4.69, 9.17) is 10.8 Å². The molecule has 0 amide bonds. The lowest BCUT2D eigenvalue weighted by Crippen LogP contribution is -2.36. The van der Waals surface area contributed by atoms with E-state index in [-0.39, 0.29) is 0 Å². The fraction of sp³-hybridized carbons (Fsp3) is 0.857. The molecule has 0 unspecified atom stereocenters. The van der Waals surface area contributed by atoms with E-state index in [0.717, 1.165) is 0 Å². The molecule has 0 aliphatic rings. The Kier molecular flexibility index (Phi) is 4.92. The van der Waals surface area contributed by atoms with Gasteiger partial charge in [0.05, 0.1) is 18.4 Å². The van der Waals surface area contributed by atoms with E-state index in [1.807, 2.05) is 0 Å². The molecule has 0 saturated heterocycles. The highest BCUT2D eigenvalue weighted by atomic mass is 19.4. The molecular formula is C7H10F5NO2. The molecule has 15 heavy (non-hydrogen) atoms. The molecule has 0 aliphatic heterocycles. The highest BCUT2D eigenvalue weighted by molar-refractivity contribution is 5.67. The van der Waals surface area contributed by atoms with Gasteiger partial charge in [0.1, 0.15) is 0 Å². The van der Waals surface area contributed by atoms with E-state index >= 15 is 0 Å². The standard InChI is InChI=1S/C7H10F5NO2/c8-6(9)4(13)1-3(2-5(14)15)7(10,11)12/h3-4,6H,1-2,13H2,(H,14,15)/t3-,4-/m0/s1. The van der Waals surface area contributed by atoms with Crippen LogP contribution in [0.15, 0.2) is 0 Å². The van der Waals surface area contributed by atoms with Gasteiger partial charge in [-0.25, -0.2) is 8.78 Å². The van der Waals surface area contributed by atoms with Gasteiger partial charge in [0.15, 0.2) is 0 Å². The molecule has 0 aromatic carbocycles. The van der Waals surface area contributed by atoms with E-state index in [0.29, 0.717) is 0 Å². The number of hydrogen-bond acceptors (Lipinski definition) is 2. The van der Waals surface area contributed by atoms with E-state index < -0.39 is 43.4 Å². The molecule has 0 fully saturated rings. The largest absolute Gasteiger partial charge is 0.481 e. The average molecular weight is 235 g/mol. The topological polar surface area (TPSA) is 63.3 Å². The summed E-state index contributed by atoms with van der Waals surface area (Å²) in [6.45, 7) is 0. The number of rotatable bonds is 5. The fourth-order valence-electron chi connectivity index (χ4n) is 0.975. The molecule has 0 aromatic rings. The van der Waals surface area contributed by atoms with Crippen LogP contribution in [-0.4, -0.2) is 29.7 Å². The number of carboxylic acids is 1. The summed E-state index contributed by atoms with van der Waals surface area (Å²) in [4.78, 5) is 10.1. The van der Waals surface area contributed by atoms with Gasteiger partial charge in [0.2, 0.25) is 0 Å². The molecule has 8 heteroatoms. The van der Waals surface area contributed by atoms with Crippen molar-refractivity contribution in [1.82, 2.24) is 0 Å². The third-order valence-corrected chi connectivity index (χ3v) is 1.76. The van der Waals surface area contributed by atoms with Crippen LogP contribution in [0.3, 0.4) is 0 Å². The third kappa shape index (κ3) is 5.50. The molecule has 0 saturated carbocycles. The Bertz CT molecular complexity index is 218. The van der Waals surface area contributed by atoms with Crippen molar-refractivity contribution >= 4 is 5.97 Å². The molecular weight excluding hydrogens is 225 g/mol. The maximum Gasteiger partial charge on any atom is 0.392 e. The first-order chi connectivity index (χ1) is 6.64. The van der Waals surface area contributed by atoms with Crippen molar-refractivity contribution in [3.8, 4) is 0 Å². The zero-order valence-electron chi connectivity index (χ0n) is 7.47. The predicted molar refractivity (Wildman–Crippen MR) is 40.4 cm³/mol. The van der Waals surface area contributed by atoms with Crippen LogP contribution in [0.4, 0.5) is 22.0 Å². The number of nitrogens with two attached hydrogens (primary N) is 1. The molecule has 0 spiro atoms. The number of carboxylic acid groups (broad SMARTS) is 1. The number of alkyl halides is 5. The Morgan fingerprint density at radius 3 is 2.07 bits per heavy atom. The average Bonchev–Trinajstić information content (AvgIpc) is 2.00. The second-order valence-electron chi connectivity index (χ2n) is 3.07. The molecule has 0 aliphatic carbocycles. The Morgan fingerprint density at radius 2 is 1.80 bits per heavy atom. The minimum atomic E-state index is -4.83. The van der Waals surface area contributed by atoms with Crippen LogP contribution < -0.4 is 5.73 Å². The van der Waals surface area contributed by atoms with Gasteiger partial charge in [0.25, 0.3) is 6.43 Å². The molecule has 90 valence electrons. The van der Waals surface area contributed by atoms with Gasteiger partial charge in [-0.15, -0.1) is 0 Å². The summed E-state index contributed by atoms with van der Waals surface area (Å²) in [6.07, 6.45) is -10.3. The smallest absolute Gasteiger partial charge is 0.392 e. The van der Waals surface area contributed by atoms with Crippen molar-refractivity contribution in [1.29, 1.82) is 0 Å². The second-order valence-corrected chi connectivity index (χ2v) is 3.07. The normalized spacial score (nSPS) is 16.5. The second kappa shape index (κ2) is 5.24. The van der Waals surface area contributed by atoms with Crippen molar-refractivity contribution < 1.29 is 31.9 Å². The minimum Gasteiger partial charge on any atom is -0.481 e. The summed E-state index contributed by atoms with van der Waals surface area (Å²) in [5.74, 6) is -4.03. The zero-order chi connectivity index (χ0) is 12.2. The summed E-state index contributed by atoms with van der Waals surface area (Å²) in [6, 6.07) is -1.96. The third-order valence-electron chi connectivity index (χ3n) is 1.76. The summed E-state index contributed by atoms with van der Waals surface area (Å²) in [7, 11) is 0. The molecule has 3 N–H and O–H groups in total. The quantitative estimate of drug-likeness (QED) is 0.712. The molecule has 0 rings (SSSR count). The SMILES string of the molecule is N[C@@H](C[C@@H](CC(=O)O)C(F)(F)F)C(F)F. The lowest BCUT2D eigenvalue weighted by Gasteiger charge is -2.21. The Balaban J connectivity index is 4.45. The van der Waals surface area contributed by atoms with Gasteiger partial charge in [0, 0.05) is 0 Å². The predicted octanol–water partition coefficient (Wildman–Crippen LogP) is 1.62. The van der Waals surface area contributed by atoms with E-state index in [2.05, 4.69) is 0 Å². The summed E-state index contributed by atoms with van der Waals surface area (Å²) in [5.41, 5.74) is 4.75. The van der Waals surface area contributed by atoms with Crippen molar-refractivity contribution in [2.45, 2.75) is 31.5 Å². The first kappa shape index (κ1) is 14.1. The zero-order valence-corrected chi connectivity index (χ0v) is 7.47. The van der Waals surface area contributed by atoms with Crippen molar-refractivity contribution in [3.63, 3.8) is 0 Å². The monoisotopic (exact) mass is 235 g/mol. The summed E-state index contributed by atoms with van der Waals surface area (Å²) >= 11 is 0. The highest BCUT2D eigenvalue weighted by Gasteiger charge is 2.42. The first-order valence-electron chi connectivity index (χ1n) is 3.96. The lowest BCUT2D eigenvalue weighted by molar-refractivity contribution is -0.186. The van der Waals surface area contributed by atoms with Crippen LogP contribution in [0.25, 0.3) is 0 Å². The van der Waals surface area contributed by atoms with E-state index in [1.54, 1.807) is 0 Å². The molecule has 0 aromatic heterocycles. The van der Waals surface area contributed by atoms with Crippen LogP contribution in [0, 0.1) is 5.92 Å². The van der Waals surface area contributed by atoms with E-state index in [1.165, 1.54) is 0 Å². The van der Waals surface area contributed by atoms with Crippen LogP contribution in [0.5, 0.6) is 0 Å². The van der Waals surface area contributed by atoms with Crippen LogP contribution in [0.1, 0.15) is 12.8 Å². The Morgan fingerprint density at radius 1 is 1.33 bits per heavy atom. The van der Waals surface area contributed by atoms with E-state index in [9.17, 15) is 26.7 Å². The van der Waals surface area contributed by atoms with Gasteiger partial charge >= 0.3 is 12.1 Å². The van der Waals surface area contributed by atoms with Gasteiger partial charge in [-0.2, -0.15) is 13.2 Å². The van der Waals surface area contributed by atoms with Gasteiger partial charge < -0.3 is 10.8 Å². The van der Waals surface area contributed by atoms with Gasteiger partial charge in [-0.3, -0.25) is 4.79 Å². The first-order valence-corrected chi connectivity index (χ1v) is 3.96. The Labute approximate surface area is 82.1 Å².